The molecule has 0 rings (SSSR count). The SMILES string of the molecule is CC/C=C\C/C=C\C[C@](C)(O)\C=C/C=C/C=C/[C@H](O)C/C=C\CCC(=O)OCC. The number of rotatable bonds is 15. The van der Waals surface area contributed by atoms with Gasteiger partial charge in [-0.15, -0.1) is 0 Å². The highest BCUT2D eigenvalue weighted by Gasteiger charge is 2.12. The number of aliphatic hydroxyl groups is 2. The topological polar surface area (TPSA) is 66.8 Å². The number of hydrogen-bond acceptors (Lipinski definition) is 4. The van der Waals surface area contributed by atoms with Gasteiger partial charge in [-0.05, 0) is 46.0 Å². The number of carbonyl (C=O) groups is 1. The predicted molar refractivity (Wildman–Crippen MR) is 121 cm³/mol. The number of carbonyl (C=O) groups excluding carboxylic acids is 1. The summed E-state index contributed by atoms with van der Waals surface area (Å²) in [7, 11) is 0. The molecule has 4 heteroatoms. The summed E-state index contributed by atoms with van der Waals surface area (Å²) in [4.78, 5) is 11.2. The Morgan fingerprint density at radius 2 is 1.72 bits per heavy atom. The number of hydrogen-bond donors (Lipinski definition) is 2. The van der Waals surface area contributed by atoms with Gasteiger partial charge in [0.05, 0.1) is 18.3 Å². The lowest BCUT2D eigenvalue weighted by molar-refractivity contribution is -0.143. The Hall–Kier alpha value is -2.17. The van der Waals surface area contributed by atoms with E-state index in [0.29, 0.717) is 32.3 Å². The van der Waals surface area contributed by atoms with Crippen LogP contribution in [0.1, 0.15) is 59.3 Å². The average Bonchev–Trinajstić information content (AvgIpc) is 2.67. The van der Waals surface area contributed by atoms with Crippen molar-refractivity contribution in [1.29, 1.82) is 0 Å². The van der Waals surface area contributed by atoms with E-state index in [9.17, 15) is 15.0 Å². The zero-order valence-electron chi connectivity index (χ0n) is 18.2. The van der Waals surface area contributed by atoms with Crippen LogP contribution in [-0.2, 0) is 9.53 Å². The lowest BCUT2D eigenvalue weighted by atomic mass is 10.0. The molecule has 0 spiro atoms. The number of ether oxygens (including phenoxy) is 1. The zero-order valence-corrected chi connectivity index (χ0v) is 18.2. The summed E-state index contributed by atoms with van der Waals surface area (Å²) >= 11 is 0. The third kappa shape index (κ3) is 18.9. The van der Waals surface area contributed by atoms with Gasteiger partial charge in [-0.25, -0.2) is 0 Å². The largest absolute Gasteiger partial charge is 0.466 e. The molecule has 2 N–H and O–H groups in total. The van der Waals surface area contributed by atoms with E-state index in [4.69, 9.17) is 4.74 Å². The Labute approximate surface area is 176 Å². The number of esters is 1. The Kier molecular flexibility index (Phi) is 16.6. The molecule has 0 radical (unpaired) electrons. The van der Waals surface area contributed by atoms with E-state index in [0.717, 1.165) is 12.8 Å². The minimum absolute atomic E-state index is 0.199. The summed E-state index contributed by atoms with van der Waals surface area (Å²) in [5.41, 5.74) is -0.882. The quantitative estimate of drug-likeness (QED) is 0.220. The first kappa shape index (κ1) is 26.8. The van der Waals surface area contributed by atoms with E-state index >= 15 is 0 Å². The maximum atomic E-state index is 11.2. The molecule has 0 saturated heterocycles. The Bertz CT molecular complexity index is 592. The van der Waals surface area contributed by atoms with Gasteiger partial charge in [0.25, 0.3) is 0 Å². The van der Waals surface area contributed by atoms with E-state index in [1.165, 1.54) is 0 Å². The summed E-state index contributed by atoms with van der Waals surface area (Å²) in [6, 6.07) is 0. The predicted octanol–water partition coefficient (Wildman–Crippen LogP) is 5.36. The van der Waals surface area contributed by atoms with Crippen molar-refractivity contribution < 1.29 is 19.7 Å². The van der Waals surface area contributed by atoms with Crippen molar-refractivity contribution in [1.82, 2.24) is 0 Å². The highest BCUT2D eigenvalue weighted by atomic mass is 16.5. The minimum Gasteiger partial charge on any atom is -0.466 e. The Morgan fingerprint density at radius 3 is 2.45 bits per heavy atom. The van der Waals surface area contributed by atoms with Crippen molar-refractivity contribution in [2.24, 2.45) is 0 Å². The highest BCUT2D eigenvalue weighted by molar-refractivity contribution is 5.69. The average molecular weight is 403 g/mol. The molecule has 0 aromatic rings. The van der Waals surface area contributed by atoms with Crippen LogP contribution in [0.25, 0.3) is 0 Å². The smallest absolute Gasteiger partial charge is 0.306 e. The van der Waals surface area contributed by atoms with Crippen molar-refractivity contribution >= 4 is 5.97 Å². The first-order valence-electron chi connectivity index (χ1n) is 10.4. The summed E-state index contributed by atoms with van der Waals surface area (Å²) in [6.45, 7) is 6.07. The summed E-state index contributed by atoms with van der Waals surface area (Å²) in [6.07, 6.45) is 26.1. The molecule has 0 heterocycles. The van der Waals surface area contributed by atoms with Crippen molar-refractivity contribution in [3.05, 3.63) is 72.9 Å². The van der Waals surface area contributed by atoms with Gasteiger partial charge in [-0.2, -0.15) is 0 Å². The molecular formula is C25H38O4. The lowest BCUT2D eigenvalue weighted by Crippen LogP contribution is -2.18. The van der Waals surface area contributed by atoms with Crippen LogP contribution in [-0.4, -0.2) is 34.5 Å². The van der Waals surface area contributed by atoms with Gasteiger partial charge in [-0.1, -0.05) is 79.8 Å². The molecule has 0 aromatic carbocycles. The minimum atomic E-state index is -0.882. The molecule has 0 amide bonds. The van der Waals surface area contributed by atoms with Gasteiger partial charge >= 0.3 is 5.97 Å². The van der Waals surface area contributed by atoms with E-state index in [-0.39, 0.29) is 5.97 Å². The Morgan fingerprint density at radius 1 is 1.00 bits per heavy atom. The molecule has 0 aliphatic rings. The van der Waals surface area contributed by atoms with Gasteiger partial charge in [-0.3, -0.25) is 4.79 Å². The lowest BCUT2D eigenvalue weighted by Gasteiger charge is -2.15. The van der Waals surface area contributed by atoms with Crippen molar-refractivity contribution in [2.75, 3.05) is 6.61 Å². The molecule has 0 fully saturated rings. The van der Waals surface area contributed by atoms with Crippen LogP contribution >= 0.6 is 0 Å². The van der Waals surface area contributed by atoms with Crippen molar-refractivity contribution in [2.45, 2.75) is 71.0 Å². The fourth-order valence-corrected chi connectivity index (χ4v) is 2.28. The van der Waals surface area contributed by atoms with Gasteiger partial charge in [0.2, 0.25) is 0 Å². The Balaban J connectivity index is 4.09. The summed E-state index contributed by atoms with van der Waals surface area (Å²) < 4.78 is 4.85. The van der Waals surface area contributed by atoms with Gasteiger partial charge in [0, 0.05) is 6.42 Å². The van der Waals surface area contributed by atoms with Gasteiger partial charge in [0.1, 0.15) is 0 Å². The normalized spacial score (nSPS) is 16.2. The van der Waals surface area contributed by atoms with Crippen LogP contribution in [0.3, 0.4) is 0 Å². The van der Waals surface area contributed by atoms with E-state index < -0.39 is 11.7 Å². The number of aliphatic hydroxyl groups excluding tert-OH is 1. The fraction of sp³-hybridized carbons (Fsp3) is 0.480. The molecule has 0 unspecified atom stereocenters. The third-order valence-electron chi connectivity index (χ3n) is 3.86. The van der Waals surface area contributed by atoms with E-state index in [1.807, 2.05) is 30.4 Å². The molecule has 0 aromatic heterocycles. The second-order valence-electron chi connectivity index (χ2n) is 6.90. The summed E-state index contributed by atoms with van der Waals surface area (Å²) in [5, 5.41) is 20.2. The second kappa shape index (κ2) is 17.9. The van der Waals surface area contributed by atoms with Crippen LogP contribution in [0.15, 0.2) is 72.9 Å². The molecule has 162 valence electrons. The van der Waals surface area contributed by atoms with Crippen molar-refractivity contribution in [3.8, 4) is 0 Å². The second-order valence-corrected chi connectivity index (χ2v) is 6.90. The summed E-state index contributed by atoms with van der Waals surface area (Å²) in [5.74, 6) is -0.199. The molecular weight excluding hydrogens is 364 g/mol. The molecule has 0 aliphatic carbocycles. The highest BCUT2D eigenvalue weighted by Crippen LogP contribution is 2.12. The fourth-order valence-electron chi connectivity index (χ4n) is 2.28. The van der Waals surface area contributed by atoms with Gasteiger partial charge in [0.15, 0.2) is 0 Å². The maximum absolute atomic E-state index is 11.2. The molecule has 4 nitrogen and oxygen atoms in total. The zero-order chi connectivity index (χ0) is 21.8. The van der Waals surface area contributed by atoms with Crippen LogP contribution in [0.5, 0.6) is 0 Å². The molecule has 2 atom stereocenters. The van der Waals surface area contributed by atoms with E-state index in [1.54, 1.807) is 38.2 Å². The van der Waals surface area contributed by atoms with Crippen LogP contribution in [0.4, 0.5) is 0 Å². The molecule has 0 bridgehead atoms. The van der Waals surface area contributed by atoms with Crippen LogP contribution in [0, 0.1) is 0 Å². The van der Waals surface area contributed by atoms with Crippen LogP contribution in [0.2, 0.25) is 0 Å². The molecule has 29 heavy (non-hydrogen) atoms. The monoisotopic (exact) mass is 402 g/mol. The van der Waals surface area contributed by atoms with E-state index in [2.05, 4.69) is 25.2 Å². The van der Waals surface area contributed by atoms with Crippen LogP contribution < -0.4 is 0 Å². The first-order valence-corrected chi connectivity index (χ1v) is 10.4. The standard InChI is InChI=1S/C25H38O4/c1-4-6-7-8-10-16-21-25(3,28)22-17-11-9-13-18-23(26)19-14-12-15-20-24(27)29-5-2/h6-7,9-14,16-18,22-23,26,28H,4-5,8,15,19-21H2,1-3H3/b7-6-,11-9+,14-12-,16-10-,18-13+,22-17-/t23-,25-/m0/s1. The van der Waals surface area contributed by atoms with Crippen molar-refractivity contribution in [3.63, 3.8) is 0 Å². The first-order chi connectivity index (χ1) is 13.9. The third-order valence-corrected chi connectivity index (χ3v) is 3.86. The molecule has 0 aliphatic heterocycles. The molecule has 0 saturated carbocycles. The maximum Gasteiger partial charge on any atom is 0.306 e. The van der Waals surface area contributed by atoms with Gasteiger partial charge < -0.3 is 14.9 Å². The number of allylic oxidation sites excluding steroid dienone is 8.